The minimum atomic E-state index is -0.397. The van der Waals surface area contributed by atoms with Crippen LogP contribution in [0, 0.1) is 5.82 Å². The van der Waals surface area contributed by atoms with Crippen molar-refractivity contribution in [2.75, 3.05) is 5.32 Å². The van der Waals surface area contributed by atoms with Crippen LogP contribution in [-0.4, -0.2) is 10.9 Å². The SMILES string of the molecule is O=C(Nc1ccc(Cl)c(-c2nc3ccccc3o2)c1)c1ccc(F)cc1. The number of nitrogens with one attached hydrogen (secondary N) is 1. The molecule has 1 aromatic heterocycles. The van der Waals surface area contributed by atoms with Crippen molar-refractivity contribution in [3.05, 3.63) is 83.1 Å². The summed E-state index contributed by atoms with van der Waals surface area (Å²) in [6.07, 6.45) is 0. The van der Waals surface area contributed by atoms with Gasteiger partial charge in [0, 0.05) is 11.3 Å². The van der Waals surface area contributed by atoms with Crippen molar-refractivity contribution in [2.24, 2.45) is 0 Å². The van der Waals surface area contributed by atoms with Crippen molar-refractivity contribution in [3.63, 3.8) is 0 Å². The molecule has 6 heteroatoms. The Labute approximate surface area is 153 Å². The number of hydrogen-bond donors (Lipinski definition) is 1. The lowest BCUT2D eigenvalue weighted by molar-refractivity contribution is 0.102. The van der Waals surface area contributed by atoms with Gasteiger partial charge in [0.25, 0.3) is 5.91 Å². The standard InChI is InChI=1S/C20H12ClFN2O2/c21-16-10-9-14(23-19(25)12-5-7-13(22)8-6-12)11-15(16)20-24-17-3-1-2-4-18(17)26-20/h1-11H,(H,23,25). The molecule has 0 spiro atoms. The molecular weight excluding hydrogens is 355 g/mol. The normalized spacial score (nSPS) is 10.8. The molecule has 0 atom stereocenters. The summed E-state index contributed by atoms with van der Waals surface area (Å²) >= 11 is 6.27. The van der Waals surface area contributed by atoms with E-state index >= 15 is 0 Å². The van der Waals surface area contributed by atoms with E-state index in [0.29, 0.717) is 33.3 Å². The van der Waals surface area contributed by atoms with E-state index < -0.39 is 5.82 Å². The largest absolute Gasteiger partial charge is 0.436 e. The number of amides is 1. The van der Waals surface area contributed by atoms with Crippen molar-refractivity contribution in [2.45, 2.75) is 0 Å². The van der Waals surface area contributed by atoms with E-state index in [1.807, 2.05) is 24.3 Å². The minimum absolute atomic E-state index is 0.351. The Morgan fingerprint density at radius 3 is 2.58 bits per heavy atom. The van der Waals surface area contributed by atoms with Crippen molar-refractivity contribution in [1.82, 2.24) is 4.98 Å². The van der Waals surface area contributed by atoms with E-state index in [0.717, 1.165) is 5.52 Å². The lowest BCUT2D eigenvalue weighted by atomic mass is 10.1. The average molecular weight is 367 g/mol. The smallest absolute Gasteiger partial charge is 0.255 e. The molecule has 0 radical (unpaired) electrons. The predicted molar refractivity (Wildman–Crippen MR) is 98.8 cm³/mol. The molecule has 128 valence electrons. The zero-order valence-electron chi connectivity index (χ0n) is 13.4. The number of benzene rings is 3. The van der Waals surface area contributed by atoms with Crippen LogP contribution in [0.2, 0.25) is 5.02 Å². The second-order valence-electron chi connectivity index (χ2n) is 5.64. The Kier molecular flexibility index (Phi) is 4.14. The molecule has 1 amide bonds. The van der Waals surface area contributed by atoms with Crippen LogP contribution in [0.15, 0.2) is 71.1 Å². The summed E-state index contributed by atoms with van der Waals surface area (Å²) < 4.78 is 18.7. The number of fused-ring (bicyclic) bond motifs is 1. The monoisotopic (exact) mass is 366 g/mol. The van der Waals surface area contributed by atoms with Gasteiger partial charge in [0.05, 0.1) is 10.6 Å². The summed E-state index contributed by atoms with van der Waals surface area (Å²) in [5.74, 6) is -0.379. The number of rotatable bonds is 3. The number of halogens is 2. The summed E-state index contributed by atoms with van der Waals surface area (Å²) in [5.41, 5.74) is 2.82. The average Bonchev–Trinajstić information content (AvgIpc) is 3.07. The highest BCUT2D eigenvalue weighted by Gasteiger charge is 2.14. The highest BCUT2D eigenvalue weighted by atomic mass is 35.5. The second-order valence-corrected chi connectivity index (χ2v) is 6.05. The molecule has 4 rings (SSSR count). The number of oxazole rings is 1. The lowest BCUT2D eigenvalue weighted by Crippen LogP contribution is -2.11. The Hall–Kier alpha value is -3.18. The molecule has 0 saturated carbocycles. The molecule has 0 aliphatic carbocycles. The van der Waals surface area contributed by atoms with Crippen molar-refractivity contribution < 1.29 is 13.6 Å². The molecule has 4 nitrogen and oxygen atoms in total. The molecule has 1 heterocycles. The van der Waals surface area contributed by atoms with Crippen molar-refractivity contribution in [1.29, 1.82) is 0 Å². The third-order valence-electron chi connectivity index (χ3n) is 3.85. The summed E-state index contributed by atoms with van der Waals surface area (Å²) in [6, 6.07) is 17.7. The van der Waals surface area contributed by atoms with Gasteiger partial charge < -0.3 is 9.73 Å². The van der Waals surface area contributed by atoms with Crippen LogP contribution in [0.5, 0.6) is 0 Å². The van der Waals surface area contributed by atoms with Crippen LogP contribution in [0.25, 0.3) is 22.6 Å². The third-order valence-corrected chi connectivity index (χ3v) is 4.18. The topological polar surface area (TPSA) is 55.1 Å². The maximum absolute atomic E-state index is 13.0. The minimum Gasteiger partial charge on any atom is -0.436 e. The molecule has 0 fully saturated rings. The van der Waals surface area contributed by atoms with E-state index in [-0.39, 0.29) is 5.91 Å². The van der Waals surface area contributed by atoms with Gasteiger partial charge in [-0.3, -0.25) is 4.79 Å². The molecule has 26 heavy (non-hydrogen) atoms. The van der Waals surface area contributed by atoms with E-state index in [2.05, 4.69) is 10.3 Å². The Balaban J connectivity index is 1.65. The number of anilines is 1. The molecule has 3 aromatic carbocycles. The van der Waals surface area contributed by atoms with Gasteiger partial charge in [0.1, 0.15) is 11.3 Å². The maximum atomic E-state index is 13.0. The van der Waals surface area contributed by atoms with Crippen LogP contribution >= 0.6 is 11.6 Å². The van der Waals surface area contributed by atoms with Gasteiger partial charge in [-0.1, -0.05) is 23.7 Å². The summed E-state index contributed by atoms with van der Waals surface area (Å²) in [4.78, 5) is 16.7. The molecule has 0 aliphatic heterocycles. The van der Waals surface area contributed by atoms with Crippen LogP contribution in [0.4, 0.5) is 10.1 Å². The number of carbonyl (C=O) groups excluding carboxylic acids is 1. The molecule has 0 aliphatic rings. The van der Waals surface area contributed by atoms with E-state index in [9.17, 15) is 9.18 Å². The fraction of sp³-hybridized carbons (Fsp3) is 0. The Bertz CT molecular complexity index is 1070. The van der Waals surface area contributed by atoms with E-state index in [4.69, 9.17) is 16.0 Å². The summed E-state index contributed by atoms with van der Waals surface area (Å²) in [7, 11) is 0. The van der Waals surface area contributed by atoms with E-state index in [1.165, 1.54) is 24.3 Å². The predicted octanol–water partition coefficient (Wildman–Crippen LogP) is 5.54. The first-order chi connectivity index (χ1) is 12.6. The first kappa shape index (κ1) is 16.3. The molecule has 0 bridgehead atoms. The Morgan fingerprint density at radius 2 is 1.81 bits per heavy atom. The van der Waals surface area contributed by atoms with Crippen molar-refractivity contribution >= 4 is 34.3 Å². The van der Waals surface area contributed by atoms with Crippen LogP contribution in [-0.2, 0) is 0 Å². The zero-order valence-corrected chi connectivity index (χ0v) is 14.1. The Morgan fingerprint density at radius 1 is 1.04 bits per heavy atom. The summed E-state index contributed by atoms with van der Waals surface area (Å²) in [6.45, 7) is 0. The second kappa shape index (κ2) is 6.61. The molecule has 4 aromatic rings. The van der Waals surface area contributed by atoms with Gasteiger partial charge in [0.2, 0.25) is 5.89 Å². The van der Waals surface area contributed by atoms with Gasteiger partial charge in [-0.05, 0) is 54.6 Å². The number of nitrogens with zero attached hydrogens (tertiary/aromatic N) is 1. The number of hydrogen-bond acceptors (Lipinski definition) is 3. The number of aromatic nitrogens is 1. The van der Waals surface area contributed by atoms with Gasteiger partial charge in [-0.2, -0.15) is 0 Å². The third kappa shape index (κ3) is 3.17. The zero-order chi connectivity index (χ0) is 18.1. The highest BCUT2D eigenvalue weighted by Crippen LogP contribution is 2.32. The van der Waals surface area contributed by atoms with Gasteiger partial charge in [0.15, 0.2) is 5.58 Å². The molecule has 1 N–H and O–H groups in total. The number of para-hydroxylation sites is 2. The molecule has 0 unspecified atom stereocenters. The van der Waals surface area contributed by atoms with Crippen molar-refractivity contribution in [3.8, 4) is 11.5 Å². The van der Waals surface area contributed by atoms with Crippen LogP contribution < -0.4 is 5.32 Å². The highest BCUT2D eigenvalue weighted by molar-refractivity contribution is 6.33. The fourth-order valence-electron chi connectivity index (χ4n) is 2.56. The summed E-state index contributed by atoms with van der Waals surface area (Å²) in [5, 5.41) is 3.21. The fourth-order valence-corrected chi connectivity index (χ4v) is 2.76. The van der Waals surface area contributed by atoms with Crippen LogP contribution in [0.3, 0.4) is 0 Å². The molecule has 0 saturated heterocycles. The lowest BCUT2D eigenvalue weighted by Gasteiger charge is -2.07. The van der Waals surface area contributed by atoms with Gasteiger partial charge in [-0.25, -0.2) is 9.37 Å². The van der Waals surface area contributed by atoms with E-state index in [1.54, 1.807) is 18.2 Å². The number of carbonyl (C=O) groups is 1. The molecular formula is C20H12ClFN2O2. The first-order valence-corrected chi connectivity index (χ1v) is 8.20. The van der Waals surface area contributed by atoms with Gasteiger partial charge >= 0.3 is 0 Å². The first-order valence-electron chi connectivity index (χ1n) is 7.82. The van der Waals surface area contributed by atoms with Crippen LogP contribution in [0.1, 0.15) is 10.4 Å². The van der Waals surface area contributed by atoms with Gasteiger partial charge in [-0.15, -0.1) is 0 Å². The maximum Gasteiger partial charge on any atom is 0.255 e. The quantitative estimate of drug-likeness (QED) is 0.518.